The molecule has 0 aromatic carbocycles. The van der Waals surface area contributed by atoms with E-state index < -0.39 is 0 Å². The number of likely N-dealkylation sites (tertiary alicyclic amines) is 1. The van der Waals surface area contributed by atoms with Crippen LogP contribution in [-0.2, 0) is 9.53 Å². The Balaban J connectivity index is 2.29. The smallest absolute Gasteiger partial charge is 0.224 e. The molecule has 1 aliphatic heterocycles. The molecule has 0 aliphatic carbocycles. The topological polar surface area (TPSA) is 49.8 Å². The number of rotatable bonds is 4. The van der Waals surface area contributed by atoms with Gasteiger partial charge in [-0.25, -0.2) is 0 Å². The lowest BCUT2D eigenvalue weighted by Gasteiger charge is -2.17. The number of carbonyl (C=O) groups excluding carboxylic acids is 1. The van der Waals surface area contributed by atoms with Crippen LogP contribution >= 0.6 is 0 Å². The summed E-state index contributed by atoms with van der Waals surface area (Å²) in [5.74, 6) is 0.0300. The van der Waals surface area contributed by atoms with E-state index in [1.54, 1.807) is 4.90 Å². The zero-order valence-corrected chi connectivity index (χ0v) is 8.90. The van der Waals surface area contributed by atoms with Gasteiger partial charge < -0.3 is 14.7 Å². The molecule has 0 spiro atoms. The molecular formula is C10H19NO3. The second-order valence-corrected chi connectivity index (χ2v) is 3.91. The molecule has 4 nitrogen and oxygen atoms in total. The first-order valence-corrected chi connectivity index (χ1v) is 5.17. The summed E-state index contributed by atoms with van der Waals surface area (Å²) in [5, 5.41) is 8.63. The molecule has 1 heterocycles. The summed E-state index contributed by atoms with van der Waals surface area (Å²) in [6.07, 6.45) is 1.54. The van der Waals surface area contributed by atoms with Gasteiger partial charge in [-0.15, -0.1) is 0 Å². The minimum atomic E-state index is -0.0644. The molecule has 0 aromatic rings. The predicted octanol–water partition coefficient (Wildman–Crippen LogP) is 0.395. The van der Waals surface area contributed by atoms with E-state index in [0.29, 0.717) is 6.54 Å². The molecule has 4 heteroatoms. The van der Waals surface area contributed by atoms with Crippen LogP contribution in [0.15, 0.2) is 0 Å². The quantitative estimate of drug-likeness (QED) is 0.716. The van der Waals surface area contributed by atoms with Gasteiger partial charge in [0.2, 0.25) is 5.91 Å². The Kier molecular flexibility index (Phi) is 4.35. The maximum Gasteiger partial charge on any atom is 0.224 e. The number of ether oxygens (including phenoxy) is 1. The van der Waals surface area contributed by atoms with Gasteiger partial charge in [0.05, 0.1) is 18.8 Å². The van der Waals surface area contributed by atoms with Crippen LogP contribution in [-0.4, -0.2) is 47.8 Å². The number of carbonyl (C=O) groups is 1. The van der Waals surface area contributed by atoms with Gasteiger partial charge in [-0.3, -0.25) is 4.79 Å². The molecule has 1 fully saturated rings. The zero-order valence-electron chi connectivity index (χ0n) is 8.90. The Morgan fingerprint density at radius 2 is 2.36 bits per heavy atom. The molecule has 1 amide bonds. The molecule has 82 valence electrons. The summed E-state index contributed by atoms with van der Waals surface area (Å²) >= 11 is 0. The first kappa shape index (κ1) is 11.5. The Morgan fingerprint density at radius 1 is 1.64 bits per heavy atom. The Bertz CT molecular complexity index is 194. The maximum absolute atomic E-state index is 11.4. The van der Waals surface area contributed by atoms with Gasteiger partial charge in [0.15, 0.2) is 0 Å². The van der Waals surface area contributed by atoms with Gasteiger partial charge in [0.1, 0.15) is 0 Å². The van der Waals surface area contributed by atoms with E-state index in [2.05, 4.69) is 0 Å². The molecule has 1 rings (SSSR count). The molecule has 1 saturated heterocycles. The van der Waals surface area contributed by atoms with Crippen LogP contribution in [0, 0.1) is 0 Å². The summed E-state index contributed by atoms with van der Waals surface area (Å²) in [6.45, 7) is 5.37. The van der Waals surface area contributed by atoms with E-state index in [1.165, 1.54) is 0 Å². The van der Waals surface area contributed by atoms with Crippen LogP contribution in [0.1, 0.15) is 26.7 Å². The number of nitrogens with zero attached hydrogens (tertiary/aromatic N) is 1. The highest BCUT2D eigenvalue weighted by Crippen LogP contribution is 2.15. The molecule has 14 heavy (non-hydrogen) atoms. The molecule has 0 saturated carbocycles. The predicted molar refractivity (Wildman–Crippen MR) is 52.9 cm³/mol. The van der Waals surface area contributed by atoms with Crippen molar-refractivity contribution in [2.24, 2.45) is 0 Å². The zero-order chi connectivity index (χ0) is 10.6. The van der Waals surface area contributed by atoms with Crippen molar-refractivity contribution in [2.45, 2.75) is 38.9 Å². The van der Waals surface area contributed by atoms with Gasteiger partial charge in [-0.1, -0.05) is 0 Å². The van der Waals surface area contributed by atoms with Crippen molar-refractivity contribution < 1.29 is 14.6 Å². The second-order valence-electron chi connectivity index (χ2n) is 3.91. The minimum Gasteiger partial charge on any atom is -0.396 e. The number of aliphatic hydroxyl groups excluding tert-OH is 1. The Morgan fingerprint density at radius 3 is 2.93 bits per heavy atom. The van der Waals surface area contributed by atoms with Crippen molar-refractivity contribution >= 4 is 5.91 Å². The number of hydrogen-bond donors (Lipinski definition) is 1. The molecule has 1 aliphatic rings. The monoisotopic (exact) mass is 201 g/mol. The van der Waals surface area contributed by atoms with Gasteiger partial charge in [-0.05, 0) is 20.3 Å². The van der Waals surface area contributed by atoms with Crippen LogP contribution in [0.5, 0.6) is 0 Å². The summed E-state index contributed by atoms with van der Waals surface area (Å²) in [7, 11) is 0. The fraction of sp³-hybridized carbons (Fsp3) is 0.900. The van der Waals surface area contributed by atoms with Gasteiger partial charge in [-0.2, -0.15) is 0 Å². The van der Waals surface area contributed by atoms with Crippen LogP contribution < -0.4 is 0 Å². The molecule has 0 unspecified atom stereocenters. The first-order chi connectivity index (χ1) is 6.63. The maximum atomic E-state index is 11.4. The highest BCUT2D eigenvalue weighted by atomic mass is 16.5. The lowest BCUT2D eigenvalue weighted by atomic mass is 10.3. The minimum absolute atomic E-state index is 0.0300. The van der Waals surface area contributed by atoms with Crippen molar-refractivity contribution in [1.82, 2.24) is 4.90 Å². The second kappa shape index (κ2) is 5.32. The van der Waals surface area contributed by atoms with Crippen LogP contribution in [0.2, 0.25) is 0 Å². The van der Waals surface area contributed by atoms with Crippen molar-refractivity contribution in [1.29, 1.82) is 0 Å². The van der Waals surface area contributed by atoms with Gasteiger partial charge in [0.25, 0.3) is 0 Å². The lowest BCUT2D eigenvalue weighted by molar-refractivity contribution is -0.131. The van der Waals surface area contributed by atoms with Crippen molar-refractivity contribution in [3.63, 3.8) is 0 Å². The number of hydrogen-bond acceptors (Lipinski definition) is 3. The highest BCUT2D eigenvalue weighted by Gasteiger charge is 2.26. The summed E-state index contributed by atoms with van der Waals surface area (Å²) in [6, 6.07) is 0. The fourth-order valence-electron chi connectivity index (χ4n) is 1.70. The molecule has 0 bridgehead atoms. The van der Waals surface area contributed by atoms with Crippen LogP contribution in [0.25, 0.3) is 0 Å². The largest absolute Gasteiger partial charge is 0.396 e. The normalized spacial score (nSPS) is 22.0. The third-order valence-electron chi connectivity index (χ3n) is 2.29. The molecule has 1 N–H and O–H groups in total. The van der Waals surface area contributed by atoms with Crippen molar-refractivity contribution in [2.75, 3.05) is 19.7 Å². The molecular weight excluding hydrogens is 182 g/mol. The number of amides is 1. The first-order valence-electron chi connectivity index (χ1n) is 5.17. The van der Waals surface area contributed by atoms with E-state index in [1.807, 2.05) is 13.8 Å². The lowest BCUT2D eigenvalue weighted by Crippen LogP contribution is -2.31. The third-order valence-corrected chi connectivity index (χ3v) is 2.29. The van der Waals surface area contributed by atoms with E-state index in [9.17, 15) is 4.79 Å². The van der Waals surface area contributed by atoms with Crippen molar-refractivity contribution in [3.8, 4) is 0 Å². The fourth-order valence-corrected chi connectivity index (χ4v) is 1.70. The van der Waals surface area contributed by atoms with E-state index in [4.69, 9.17) is 9.84 Å². The third kappa shape index (κ3) is 3.27. The average Bonchev–Trinajstić information content (AvgIpc) is 2.52. The molecule has 0 aromatic heterocycles. The average molecular weight is 201 g/mol. The standard InChI is InChI=1S/C10H19NO3/c1-8(2)14-9-3-5-11(7-9)10(13)4-6-12/h8-9,12H,3-7H2,1-2H3/t9-/m0/s1. The van der Waals surface area contributed by atoms with Gasteiger partial charge >= 0.3 is 0 Å². The van der Waals surface area contributed by atoms with E-state index in [0.717, 1.165) is 13.0 Å². The van der Waals surface area contributed by atoms with Gasteiger partial charge in [0, 0.05) is 19.5 Å². The Labute approximate surface area is 84.8 Å². The van der Waals surface area contributed by atoms with Crippen LogP contribution in [0.3, 0.4) is 0 Å². The molecule has 1 atom stereocenters. The van der Waals surface area contributed by atoms with E-state index >= 15 is 0 Å². The summed E-state index contributed by atoms with van der Waals surface area (Å²) in [4.78, 5) is 13.2. The van der Waals surface area contributed by atoms with Crippen LogP contribution in [0.4, 0.5) is 0 Å². The van der Waals surface area contributed by atoms with E-state index in [-0.39, 0.29) is 31.1 Å². The highest BCUT2D eigenvalue weighted by molar-refractivity contribution is 5.76. The summed E-state index contributed by atoms with van der Waals surface area (Å²) < 4.78 is 5.61. The number of aliphatic hydroxyl groups is 1. The molecule has 0 radical (unpaired) electrons. The Hall–Kier alpha value is -0.610. The summed E-state index contributed by atoms with van der Waals surface area (Å²) in [5.41, 5.74) is 0. The SMILES string of the molecule is CC(C)O[C@H]1CCN(C(=O)CCO)C1. The van der Waals surface area contributed by atoms with Crippen molar-refractivity contribution in [3.05, 3.63) is 0 Å².